The van der Waals surface area contributed by atoms with E-state index in [1.807, 2.05) is 0 Å². The van der Waals surface area contributed by atoms with Crippen molar-refractivity contribution < 1.29 is 9.52 Å². The molecule has 0 atom stereocenters. The van der Waals surface area contributed by atoms with Gasteiger partial charge in [0.05, 0.1) is 0 Å². The summed E-state index contributed by atoms with van der Waals surface area (Å²) in [4.78, 5) is 0. The van der Waals surface area contributed by atoms with E-state index in [4.69, 9.17) is 21.1 Å². The Morgan fingerprint density at radius 1 is 1.60 bits per heavy atom. The van der Waals surface area contributed by atoms with E-state index >= 15 is 0 Å². The predicted molar refractivity (Wildman–Crippen MR) is 37.7 cm³/mol. The van der Waals surface area contributed by atoms with Crippen LogP contribution in [0.4, 0.5) is 0 Å². The van der Waals surface area contributed by atoms with Crippen LogP contribution in [0.5, 0.6) is 0 Å². The maximum absolute atomic E-state index is 8.29. The third kappa shape index (κ3) is 1.80. The molecular formula is C7H5ClO2. The van der Waals surface area contributed by atoms with Crippen molar-refractivity contribution >= 4 is 11.6 Å². The lowest BCUT2D eigenvalue weighted by atomic mass is 10.4. The van der Waals surface area contributed by atoms with Crippen LogP contribution in [-0.2, 0) is 0 Å². The molecule has 10 heavy (non-hydrogen) atoms. The molecule has 1 rings (SSSR count). The Balaban J connectivity index is 2.76. The number of furan rings is 1. The van der Waals surface area contributed by atoms with Gasteiger partial charge in [0.2, 0.25) is 0 Å². The lowest BCUT2D eigenvalue weighted by molar-refractivity contribution is 0.350. The zero-order valence-electron chi connectivity index (χ0n) is 5.10. The molecule has 0 bridgehead atoms. The van der Waals surface area contributed by atoms with Crippen molar-refractivity contribution in [1.29, 1.82) is 0 Å². The summed E-state index contributed by atoms with van der Waals surface area (Å²) in [7, 11) is 0. The Morgan fingerprint density at radius 2 is 2.40 bits per heavy atom. The fourth-order valence-corrected chi connectivity index (χ4v) is 0.654. The number of hydrogen-bond donors (Lipinski definition) is 1. The minimum absolute atomic E-state index is 0.168. The van der Waals surface area contributed by atoms with Crippen LogP contribution in [0.1, 0.15) is 5.76 Å². The van der Waals surface area contributed by atoms with Gasteiger partial charge in [-0.05, 0) is 29.7 Å². The zero-order chi connectivity index (χ0) is 7.40. The molecule has 3 heteroatoms. The average Bonchev–Trinajstić information content (AvgIpc) is 2.31. The van der Waals surface area contributed by atoms with Crippen molar-refractivity contribution in [2.75, 3.05) is 6.61 Å². The minimum Gasteiger partial charge on any atom is -0.436 e. The van der Waals surface area contributed by atoms with Gasteiger partial charge in [-0.1, -0.05) is 5.92 Å². The van der Waals surface area contributed by atoms with Gasteiger partial charge in [0.25, 0.3) is 0 Å². The van der Waals surface area contributed by atoms with Crippen LogP contribution in [0, 0.1) is 11.8 Å². The van der Waals surface area contributed by atoms with Crippen molar-refractivity contribution in [3.63, 3.8) is 0 Å². The van der Waals surface area contributed by atoms with Gasteiger partial charge in [-0.25, -0.2) is 0 Å². The number of rotatable bonds is 0. The molecule has 0 radical (unpaired) electrons. The van der Waals surface area contributed by atoms with Gasteiger partial charge < -0.3 is 9.52 Å². The van der Waals surface area contributed by atoms with E-state index in [9.17, 15) is 0 Å². The molecular weight excluding hydrogens is 152 g/mol. The topological polar surface area (TPSA) is 33.4 Å². The second-order valence-electron chi connectivity index (χ2n) is 1.56. The first-order chi connectivity index (χ1) is 4.83. The molecule has 2 nitrogen and oxygen atoms in total. The molecule has 0 aliphatic rings. The Bertz CT molecular complexity index is 267. The van der Waals surface area contributed by atoms with Crippen LogP contribution in [0.2, 0.25) is 5.22 Å². The van der Waals surface area contributed by atoms with Crippen molar-refractivity contribution in [3.05, 3.63) is 23.1 Å². The van der Waals surface area contributed by atoms with E-state index in [1.54, 1.807) is 12.1 Å². The van der Waals surface area contributed by atoms with Gasteiger partial charge in [-0.15, -0.1) is 0 Å². The average molecular weight is 157 g/mol. The summed E-state index contributed by atoms with van der Waals surface area (Å²) in [6.45, 7) is -0.168. The highest BCUT2D eigenvalue weighted by molar-refractivity contribution is 6.28. The fourth-order valence-electron chi connectivity index (χ4n) is 0.508. The summed E-state index contributed by atoms with van der Waals surface area (Å²) < 4.78 is 4.87. The molecule has 0 aromatic carbocycles. The number of hydrogen-bond acceptors (Lipinski definition) is 2. The van der Waals surface area contributed by atoms with Crippen LogP contribution >= 0.6 is 11.6 Å². The maximum atomic E-state index is 8.29. The van der Waals surface area contributed by atoms with Gasteiger partial charge >= 0.3 is 0 Å². The van der Waals surface area contributed by atoms with Gasteiger partial charge in [0.15, 0.2) is 11.0 Å². The molecule has 0 spiro atoms. The number of aliphatic hydroxyl groups is 1. The second kappa shape index (κ2) is 3.31. The molecule has 1 aromatic rings. The molecule has 0 unspecified atom stereocenters. The molecule has 1 aromatic heterocycles. The highest BCUT2D eigenvalue weighted by Gasteiger charge is 1.92. The van der Waals surface area contributed by atoms with Crippen LogP contribution in [0.15, 0.2) is 16.5 Å². The first kappa shape index (κ1) is 7.20. The second-order valence-corrected chi connectivity index (χ2v) is 1.94. The van der Waals surface area contributed by atoms with Gasteiger partial charge in [-0.2, -0.15) is 0 Å². The first-order valence-corrected chi connectivity index (χ1v) is 3.06. The summed E-state index contributed by atoms with van der Waals surface area (Å²) in [6.07, 6.45) is 0. The molecule has 0 saturated heterocycles. The standard InChI is InChI=1S/C7H5ClO2/c8-7-4-3-6(10-7)2-1-5-9/h3-4,9H,5H2. The quantitative estimate of drug-likeness (QED) is 0.574. The van der Waals surface area contributed by atoms with Crippen molar-refractivity contribution in [2.24, 2.45) is 0 Å². The molecule has 1 N–H and O–H groups in total. The van der Waals surface area contributed by atoms with E-state index in [0.717, 1.165) is 0 Å². The number of aliphatic hydroxyl groups excluding tert-OH is 1. The lowest BCUT2D eigenvalue weighted by Crippen LogP contribution is -1.71. The fraction of sp³-hybridized carbons (Fsp3) is 0.143. The highest BCUT2D eigenvalue weighted by Crippen LogP contribution is 2.11. The molecule has 0 fully saturated rings. The Kier molecular flexibility index (Phi) is 2.38. The van der Waals surface area contributed by atoms with E-state index in [0.29, 0.717) is 11.0 Å². The third-order valence-corrected chi connectivity index (χ3v) is 1.07. The molecule has 0 aliphatic carbocycles. The number of halogens is 1. The van der Waals surface area contributed by atoms with E-state index < -0.39 is 0 Å². The largest absolute Gasteiger partial charge is 0.436 e. The Hall–Kier alpha value is -0.910. The molecule has 0 aliphatic heterocycles. The Labute approximate surface area is 63.4 Å². The van der Waals surface area contributed by atoms with Crippen molar-refractivity contribution in [3.8, 4) is 11.8 Å². The van der Waals surface area contributed by atoms with Crippen LogP contribution in [0.3, 0.4) is 0 Å². The van der Waals surface area contributed by atoms with Crippen LogP contribution in [0.25, 0.3) is 0 Å². The Morgan fingerprint density at radius 3 is 2.90 bits per heavy atom. The monoisotopic (exact) mass is 156 g/mol. The smallest absolute Gasteiger partial charge is 0.194 e. The van der Waals surface area contributed by atoms with Crippen LogP contribution in [-0.4, -0.2) is 11.7 Å². The maximum Gasteiger partial charge on any atom is 0.194 e. The van der Waals surface area contributed by atoms with Gasteiger partial charge in [0.1, 0.15) is 6.61 Å². The zero-order valence-corrected chi connectivity index (χ0v) is 5.85. The summed E-state index contributed by atoms with van der Waals surface area (Å²) in [5.41, 5.74) is 0. The van der Waals surface area contributed by atoms with Gasteiger partial charge in [0, 0.05) is 0 Å². The SMILES string of the molecule is OCC#Cc1ccc(Cl)o1. The third-order valence-electron chi connectivity index (χ3n) is 0.864. The first-order valence-electron chi connectivity index (χ1n) is 2.68. The van der Waals surface area contributed by atoms with E-state index in [2.05, 4.69) is 11.8 Å². The molecule has 52 valence electrons. The van der Waals surface area contributed by atoms with Gasteiger partial charge in [-0.3, -0.25) is 0 Å². The van der Waals surface area contributed by atoms with Crippen molar-refractivity contribution in [2.45, 2.75) is 0 Å². The normalized spacial score (nSPS) is 8.60. The highest BCUT2D eigenvalue weighted by atomic mass is 35.5. The molecule has 0 saturated carbocycles. The van der Waals surface area contributed by atoms with E-state index in [1.165, 1.54) is 0 Å². The summed E-state index contributed by atoms with van der Waals surface area (Å²) in [6, 6.07) is 3.24. The minimum atomic E-state index is -0.168. The van der Waals surface area contributed by atoms with Crippen LogP contribution < -0.4 is 0 Å². The molecule has 0 amide bonds. The van der Waals surface area contributed by atoms with Crippen molar-refractivity contribution in [1.82, 2.24) is 0 Å². The predicted octanol–water partition coefficient (Wildman–Crippen LogP) is 1.28. The summed E-state index contributed by atoms with van der Waals surface area (Å²) >= 11 is 5.44. The van der Waals surface area contributed by atoms with E-state index in [-0.39, 0.29) is 6.61 Å². The molecule has 1 heterocycles. The summed E-state index contributed by atoms with van der Waals surface area (Å²) in [5, 5.41) is 8.59. The summed E-state index contributed by atoms with van der Waals surface area (Å²) in [5.74, 6) is 5.47. The lowest BCUT2D eigenvalue weighted by Gasteiger charge is -1.76.